The van der Waals surface area contributed by atoms with Crippen LogP contribution in [-0.2, 0) is 11.3 Å². The number of nitrogens with zero attached hydrogens (tertiary/aromatic N) is 1. The van der Waals surface area contributed by atoms with E-state index >= 15 is 0 Å². The molecule has 0 N–H and O–H groups in total. The number of carbonyl (C=O) groups is 1. The molecule has 90 valence electrons. The van der Waals surface area contributed by atoms with Gasteiger partial charge in [0, 0.05) is 19.0 Å². The number of Topliss-reactive ketones (excluding diaryl/α,β-unsaturated/α-hetero) is 1. The highest BCUT2D eigenvalue weighted by molar-refractivity contribution is 5.89. The van der Waals surface area contributed by atoms with Gasteiger partial charge in [0.05, 0.1) is 6.04 Å². The second-order valence-electron chi connectivity index (χ2n) is 5.01. The van der Waals surface area contributed by atoms with E-state index in [1.165, 1.54) is 5.56 Å². The van der Waals surface area contributed by atoms with Crippen molar-refractivity contribution in [1.82, 2.24) is 4.90 Å². The fourth-order valence-corrected chi connectivity index (χ4v) is 3.09. The third-order valence-corrected chi connectivity index (χ3v) is 3.97. The first-order chi connectivity index (χ1) is 8.25. The van der Waals surface area contributed by atoms with Gasteiger partial charge in [0.25, 0.3) is 0 Å². The third-order valence-electron chi connectivity index (χ3n) is 3.97. The van der Waals surface area contributed by atoms with Crippen molar-refractivity contribution in [2.45, 2.75) is 44.1 Å². The van der Waals surface area contributed by atoms with Gasteiger partial charge in [-0.1, -0.05) is 30.3 Å². The van der Waals surface area contributed by atoms with E-state index in [1.54, 1.807) is 0 Å². The number of fused-ring (bicyclic) bond motifs is 2. The summed E-state index contributed by atoms with van der Waals surface area (Å²) in [5.74, 6) is -0.199. The van der Waals surface area contributed by atoms with E-state index in [0.717, 1.165) is 19.4 Å². The van der Waals surface area contributed by atoms with Crippen LogP contribution in [0.15, 0.2) is 30.3 Å². The Morgan fingerprint density at radius 1 is 1.24 bits per heavy atom. The molecule has 0 saturated carbocycles. The van der Waals surface area contributed by atoms with Crippen LogP contribution in [0.4, 0.5) is 4.39 Å². The minimum absolute atomic E-state index is 0.177. The minimum atomic E-state index is -1.22. The van der Waals surface area contributed by atoms with E-state index in [1.807, 2.05) is 18.2 Å². The van der Waals surface area contributed by atoms with E-state index in [9.17, 15) is 9.18 Å². The number of hydrogen-bond donors (Lipinski definition) is 0. The van der Waals surface area contributed by atoms with Crippen molar-refractivity contribution >= 4 is 5.78 Å². The summed E-state index contributed by atoms with van der Waals surface area (Å²) in [6.45, 7) is 0.772. The highest BCUT2D eigenvalue weighted by atomic mass is 19.1. The minimum Gasteiger partial charge on any atom is -0.295 e. The van der Waals surface area contributed by atoms with Gasteiger partial charge in [-0.25, -0.2) is 4.39 Å². The number of alkyl halides is 1. The van der Waals surface area contributed by atoms with Crippen LogP contribution in [0.2, 0.25) is 0 Å². The van der Waals surface area contributed by atoms with Gasteiger partial charge < -0.3 is 0 Å². The maximum absolute atomic E-state index is 13.5. The summed E-state index contributed by atoms with van der Waals surface area (Å²) in [6.07, 6.45) is 0.960. The molecule has 2 heterocycles. The van der Waals surface area contributed by atoms with Crippen LogP contribution in [-0.4, -0.2) is 28.9 Å². The zero-order valence-corrected chi connectivity index (χ0v) is 9.68. The molecule has 0 aromatic heterocycles. The molecular weight excluding hydrogens is 217 g/mol. The molecule has 2 saturated heterocycles. The van der Waals surface area contributed by atoms with Gasteiger partial charge in [-0.3, -0.25) is 9.69 Å². The Morgan fingerprint density at radius 2 is 2.00 bits per heavy atom. The van der Waals surface area contributed by atoms with Crippen molar-refractivity contribution in [3.05, 3.63) is 35.9 Å². The van der Waals surface area contributed by atoms with Gasteiger partial charge in [-0.2, -0.15) is 0 Å². The molecule has 1 unspecified atom stereocenters. The van der Waals surface area contributed by atoms with Gasteiger partial charge >= 0.3 is 0 Å². The number of piperidine rings is 1. The molecule has 17 heavy (non-hydrogen) atoms. The van der Waals surface area contributed by atoms with Gasteiger partial charge in [0.2, 0.25) is 0 Å². The summed E-state index contributed by atoms with van der Waals surface area (Å²) >= 11 is 0. The average molecular weight is 233 g/mol. The second-order valence-corrected chi connectivity index (χ2v) is 5.01. The Hall–Kier alpha value is -1.22. The number of hydrogen-bond acceptors (Lipinski definition) is 2. The van der Waals surface area contributed by atoms with Crippen LogP contribution in [0.5, 0.6) is 0 Å². The summed E-state index contributed by atoms with van der Waals surface area (Å²) in [6, 6.07) is 10.2. The van der Waals surface area contributed by atoms with Crippen molar-refractivity contribution in [2.75, 3.05) is 0 Å². The largest absolute Gasteiger partial charge is 0.295 e. The maximum atomic E-state index is 13.5. The van der Waals surface area contributed by atoms with Crippen LogP contribution < -0.4 is 0 Å². The quantitative estimate of drug-likeness (QED) is 0.781. The number of rotatable bonds is 2. The number of carbonyl (C=O) groups excluding carboxylic acids is 1. The van der Waals surface area contributed by atoms with Crippen LogP contribution in [0.3, 0.4) is 0 Å². The molecular formula is C14H16FNO. The van der Waals surface area contributed by atoms with Gasteiger partial charge in [0.15, 0.2) is 12.0 Å². The Kier molecular flexibility index (Phi) is 2.71. The lowest BCUT2D eigenvalue weighted by Gasteiger charge is -2.35. The van der Waals surface area contributed by atoms with Crippen molar-refractivity contribution in [1.29, 1.82) is 0 Å². The van der Waals surface area contributed by atoms with E-state index in [4.69, 9.17) is 0 Å². The lowest BCUT2D eigenvalue weighted by molar-refractivity contribution is -0.133. The third kappa shape index (κ3) is 1.89. The van der Waals surface area contributed by atoms with Gasteiger partial charge in [0.1, 0.15) is 0 Å². The summed E-state index contributed by atoms with van der Waals surface area (Å²) in [5.41, 5.74) is 1.20. The number of halogens is 1. The molecule has 3 atom stereocenters. The van der Waals surface area contributed by atoms with Crippen molar-refractivity contribution in [3.63, 3.8) is 0 Å². The Bertz CT molecular complexity index is 419. The molecule has 3 heteroatoms. The molecule has 0 radical (unpaired) electrons. The molecule has 3 rings (SSSR count). The Balaban J connectivity index is 1.79. The van der Waals surface area contributed by atoms with Crippen LogP contribution in [0, 0.1) is 0 Å². The smallest absolute Gasteiger partial charge is 0.183 e. The number of benzene rings is 1. The molecule has 0 amide bonds. The molecule has 2 fully saturated rings. The van der Waals surface area contributed by atoms with Crippen LogP contribution in [0.1, 0.15) is 24.8 Å². The Morgan fingerprint density at radius 3 is 2.76 bits per heavy atom. The average Bonchev–Trinajstić information content (AvgIpc) is 2.65. The summed E-state index contributed by atoms with van der Waals surface area (Å²) in [5, 5.41) is 0. The molecule has 1 aromatic carbocycles. The van der Waals surface area contributed by atoms with E-state index in [0.29, 0.717) is 6.42 Å². The predicted octanol–water partition coefficient (Wildman–Crippen LogP) is 2.33. The fraction of sp³-hybridized carbons (Fsp3) is 0.500. The molecule has 0 aliphatic carbocycles. The maximum Gasteiger partial charge on any atom is 0.183 e. The number of ketones is 1. The van der Waals surface area contributed by atoms with Crippen molar-refractivity contribution < 1.29 is 9.18 Å². The monoisotopic (exact) mass is 233 g/mol. The van der Waals surface area contributed by atoms with Crippen LogP contribution in [0.25, 0.3) is 0 Å². The molecule has 1 aromatic rings. The summed E-state index contributed by atoms with van der Waals surface area (Å²) in [7, 11) is 0. The first-order valence-corrected chi connectivity index (χ1v) is 6.23. The van der Waals surface area contributed by atoms with E-state index in [-0.39, 0.29) is 17.9 Å². The van der Waals surface area contributed by atoms with E-state index in [2.05, 4.69) is 17.0 Å². The standard InChI is InChI=1S/C14H16FNO/c15-12-8-11-6-7-13(14(12)17)16(11)9-10-4-2-1-3-5-10/h1-5,11-13H,6-9H2/t11-,12?,13+/m0/s1. The second kappa shape index (κ2) is 4.22. The highest BCUT2D eigenvalue weighted by Crippen LogP contribution is 2.35. The van der Waals surface area contributed by atoms with Gasteiger partial charge in [-0.05, 0) is 18.4 Å². The summed E-state index contributed by atoms with van der Waals surface area (Å²) in [4.78, 5) is 14.0. The predicted molar refractivity (Wildman–Crippen MR) is 63.3 cm³/mol. The van der Waals surface area contributed by atoms with Gasteiger partial charge in [-0.15, -0.1) is 0 Å². The summed E-state index contributed by atoms with van der Waals surface area (Å²) < 4.78 is 13.5. The first-order valence-electron chi connectivity index (χ1n) is 6.23. The van der Waals surface area contributed by atoms with Crippen molar-refractivity contribution in [2.24, 2.45) is 0 Å². The Labute approximate surface area is 100 Å². The topological polar surface area (TPSA) is 20.3 Å². The molecule has 2 bridgehead atoms. The lowest BCUT2D eigenvalue weighted by Crippen LogP contribution is -2.49. The molecule has 2 aliphatic heterocycles. The first kappa shape index (κ1) is 10.9. The molecule has 0 spiro atoms. The van der Waals surface area contributed by atoms with Crippen LogP contribution >= 0.6 is 0 Å². The zero-order chi connectivity index (χ0) is 11.8. The van der Waals surface area contributed by atoms with Crippen molar-refractivity contribution in [3.8, 4) is 0 Å². The van der Waals surface area contributed by atoms with E-state index < -0.39 is 6.17 Å². The normalized spacial score (nSPS) is 33.0. The molecule has 2 aliphatic rings. The lowest BCUT2D eigenvalue weighted by atomic mass is 9.99. The molecule has 2 nitrogen and oxygen atoms in total. The zero-order valence-electron chi connectivity index (χ0n) is 9.68. The fourth-order valence-electron chi connectivity index (χ4n) is 3.09. The highest BCUT2D eigenvalue weighted by Gasteiger charge is 2.46. The SMILES string of the molecule is O=C1C(F)C[C@@H]2CC[C@H]1N2Cc1ccccc1.